The zero-order valence-corrected chi connectivity index (χ0v) is 18.8. The van der Waals surface area contributed by atoms with Gasteiger partial charge in [0.2, 0.25) is 17.7 Å². The van der Waals surface area contributed by atoms with Gasteiger partial charge in [-0.15, -0.1) is 0 Å². The lowest BCUT2D eigenvalue weighted by molar-refractivity contribution is -0.137. The van der Waals surface area contributed by atoms with E-state index in [0.717, 1.165) is 0 Å². The van der Waals surface area contributed by atoms with Crippen molar-refractivity contribution in [3.05, 3.63) is 64.6 Å². The molecule has 2 amide bonds. The van der Waals surface area contributed by atoms with Crippen molar-refractivity contribution in [2.24, 2.45) is 0 Å². The Bertz CT molecular complexity index is 1180. The standard InChI is InChI=1S/C23H24ClFN4O3/c1-14(2)28(13-21(31)26-12-16-7-6-9-18(24)23(16)25)22(32)11-19-17-8-4-5-10-20(17)29(27-19)15(3)30/h4-10,14H,11-13H2,1-3H3,(H,26,31). The summed E-state index contributed by atoms with van der Waals surface area (Å²) in [6, 6.07) is 11.5. The van der Waals surface area contributed by atoms with Gasteiger partial charge in [-0.1, -0.05) is 41.9 Å². The van der Waals surface area contributed by atoms with E-state index < -0.39 is 11.7 Å². The van der Waals surface area contributed by atoms with Crippen LogP contribution in [0.15, 0.2) is 42.5 Å². The van der Waals surface area contributed by atoms with Crippen LogP contribution in [-0.4, -0.2) is 45.0 Å². The van der Waals surface area contributed by atoms with Crippen molar-refractivity contribution in [2.45, 2.75) is 39.8 Å². The maximum Gasteiger partial charge on any atom is 0.244 e. The van der Waals surface area contributed by atoms with Crippen molar-refractivity contribution >= 4 is 40.2 Å². The normalized spacial score (nSPS) is 11.1. The number of halogens is 2. The molecule has 1 heterocycles. The van der Waals surface area contributed by atoms with Gasteiger partial charge in [0.05, 0.1) is 29.2 Å². The highest BCUT2D eigenvalue weighted by Gasteiger charge is 2.23. The maximum atomic E-state index is 14.0. The summed E-state index contributed by atoms with van der Waals surface area (Å²) in [4.78, 5) is 38.8. The van der Waals surface area contributed by atoms with Crippen molar-refractivity contribution in [1.82, 2.24) is 20.0 Å². The fraction of sp³-hybridized carbons (Fsp3) is 0.304. The summed E-state index contributed by atoms with van der Waals surface area (Å²) < 4.78 is 15.3. The fourth-order valence-corrected chi connectivity index (χ4v) is 3.59. The molecular formula is C23H24ClFN4O3. The molecule has 1 N–H and O–H groups in total. The number of hydrogen-bond donors (Lipinski definition) is 1. The number of carbonyl (C=O) groups is 3. The first-order chi connectivity index (χ1) is 15.2. The lowest BCUT2D eigenvalue weighted by Crippen LogP contribution is -2.45. The molecule has 0 fully saturated rings. The van der Waals surface area contributed by atoms with Crippen LogP contribution in [0.1, 0.15) is 36.8 Å². The van der Waals surface area contributed by atoms with Gasteiger partial charge in [-0.3, -0.25) is 14.4 Å². The van der Waals surface area contributed by atoms with Crippen LogP contribution in [0, 0.1) is 5.82 Å². The van der Waals surface area contributed by atoms with Crippen molar-refractivity contribution < 1.29 is 18.8 Å². The molecule has 0 aliphatic carbocycles. The molecular weight excluding hydrogens is 435 g/mol. The van der Waals surface area contributed by atoms with E-state index in [0.29, 0.717) is 16.6 Å². The summed E-state index contributed by atoms with van der Waals surface area (Å²) in [5.74, 6) is -1.57. The Balaban J connectivity index is 1.71. The Morgan fingerprint density at radius 1 is 1.16 bits per heavy atom. The van der Waals surface area contributed by atoms with Gasteiger partial charge in [0, 0.05) is 30.5 Å². The monoisotopic (exact) mass is 458 g/mol. The highest BCUT2D eigenvalue weighted by Crippen LogP contribution is 2.20. The molecule has 1 aromatic heterocycles. The number of para-hydroxylation sites is 1. The molecule has 0 saturated heterocycles. The van der Waals surface area contributed by atoms with Gasteiger partial charge in [0.25, 0.3) is 0 Å². The third-order valence-electron chi connectivity index (χ3n) is 5.05. The summed E-state index contributed by atoms with van der Waals surface area (Å²) in [6.07, 6.45) is -0.0603. The van der Waals surface area contributed by atoms with E-state index in [2.05, 4.69) is 10.4 Å². The van der Waals surface area contributed by atoms with Crippen molar-refractivity contribution in [3.63, 3.8) is 0 Å². The molecule has 0 spiro atoms. The molecule has 168 valence electrons. The van der Waals surface area contributed by atoms with Gasteiger partial charge in [0.1, 0.15) is 5.82 Å². The summed E-state index contributed by atoms with van der Waals surface area (Å²) >= 11 is 5.77. The Morgan fingerprint density at radius 3 is 2.56 bits per heavy atom. The molecule has 0 aliphatic heterocycles. The van der Waals surface area contributed by atoms with Crippen molar-refractivity contribution in [1.29, 1.82) is 0 Å². The number of nitrogens with one attached hydrogen (secondary N) is 1. The predicted molar refractivity (Wildman–Crippen MR) is 120 cm³/mol. The van der Waals surface area contributed by atoms with Crippen molar-refractivity contribution in [3.8, 4) is 0 Å². The molecule has 0 aliphatic rings. The van der Waals surface area contributed by atoms with Crippen LogP contribution in [0.3, 0.4) is 0 Å². The van der Waals surface area contributed by atoms with Crippen LogP contribution in [-0.2, 0) is 22.6 Å². The minimum atomic E-state index is -0.584. The van der Waals surface area contributed by atoms with Crippen LogP contribution in [0.25, 0.3) is 10.9 Å². The molecule has 0 unspecified atom stereocenters. The van der Waals surface area contributed by atoms with Gasteiger partial charge in [-0.25, -0.2) is 9.07 Å². The molecule has 0 saturated carbocycles. The van der Waals surface area contributed by atoms with Gasteiger partial charge < -0.3 is 10.2 Å². The minimum Gasteiger partial charge on any atom is -0.350 e. The van der Waals surface area contributed by atoms with E-state index in [1.807, 2.05) is 6.07 Å². The topological polar surface area (TPSA) is 84.3 Å². The number of nitrogens with zero attached hydrogens (tertiary/aromatic N) is 3. The Morgan fingerprint density at radius 2 is 1.88 bits per heavy atom. The van der Waals surface area contributed by atoms with E-state index >= 15 is 0 Å². The smallest absolute Gasteiger partial charge is 0.244 e. The number of aromatic nitrogens is 2. The van der Waals surface area contributed by atoms with E-state index in [1.165, 1.54) is 28.6 Å². The first-order valence-corrected chi connectivity index (χ1v) is 10.5. The second-order valence-electron chi connectivity index (χ2n) is 7.68. The molecule has 3 aromatic rings. The predicted octanol–water partition coefficient (Wildman–Crippen LogP) is 3.58. The summed E-state index contributed by atoms with van der Waals surface area (Å²) in [7, 11) is 0. The summed E-state index contributed by atoms with van der Waals surface area (Å²) in [5.41, 5.74) is 1.35. The molecule has 9 heteroatoms. The van der Waals surface area contributed by atoms with Gasteiger partial charge in [-0.2, -0.15) is 5.10 Å². The second kappa shape index (κ2) is 9.91. The van der Waals surface area contributed by atoms with Gasteiger partial charge >= 0.3 is 0 Å². The van der Waals surface area contributed by atoms with Gasteiger partial charge in [-0.05, 0) is 26.0 Å². The third-order valence-corrected chi connectivity index (χ3v) is 5.34. The number of rotatable bonds is 7. The van der Waals surface area contributed by atoms with Crippen LogP contribution in [0.5, 0.6) is 0 Å². The quantitative estimate of drug-likeness (QED) is 0.586. The number of hydrogen-bond acceptors (Lipinski definition) is 4. The van der Waals surface area contributed by atoms with E-state index in [9.17, 15) is 18.8 Å². The largest absolute Gasteiger partial charge is 0.350 e. The first-order valence-electron chi connectivity index (χ1n) is 10.2. The van der Waals surface area contributed by atoms with Crippen LogP contribution >= 0.6 is 11.6 Å². The van der Waals surface area contributed by atoms with E-state index in [-0.39, 0.29) is 48.0 Å². The minimum absolute atomic E-state index is 0.0204. The molecule has 0 radical (unpaired) electrons. The maximum absolute atomic E-state index is 14.0. The highest BCUT2D eigenvalue weighted by atomic mass is 35.5. The first kappa shape index (κ1) is 23.4. The Kier molecular flexibility index (Phi) is 7.25. The number of carbonyl (C=O) groups excluding carboxylic acids is 3. The lowest BCUT2D eigenvalue weighted by Gasteiger charge is -2.26. The average Bonchev–Trinajstić information content (AvgIpc) is 3.11. The van der Waals surface area contributed by atoms with E-state index in [1.54, 1.807) is 38.1 Å². The number of fused-ring (bicyclic) bond motifs is 1. The zero-order chi connectivity index (χ0) is 23.4. The lowest BCUT2D eigenvalue weighted by atomic mass is 10.1. The number of amides is 2. The van der Waals surface area contributed by atoms with E-state index in [4.69, 9.17) is 11.6 Å². The molecule has 2 aromatic carbocycles. The molecule has 7 nitrogen and oxygen atoms in total. The zero-order valence-electron chi connectivity index (χ0n) is 18.1. The molecule has 32 heavy (non-hydrogen) atoms. The van der Waals surface area contributed by atoms with Crippen LogP contribution < -0.4 is 5.32 Å². The average molecular weight is 459 g/mol. The second-order valence-corrected chi connectivity index (χ2v) is 8.08. The molecule has 0 bridgehead atoms. The molecule has 0 atom stereocenters. The van der Waals surface area contributed by atoms with Crippen LogP contribution in [0.4, 0.5) is 4.39 Å². The fourth-order valence-electron chi connectivity index (χ4n) is 3.39. The Hall–Kier alpha value is -3.26. The summed E-state index contributed by atoms with van der Waals surface area (Å²) in [5, 5.41) is 7.62. The van der Waals surface area contributed by atoms with Crippen LogP contribution in [0.2, 0.25) is 5.02 Å². The highest BCUT2D eigenvalue weighted by molar-refractivity contribution is 6.30. The number of benzene rings is 2. The Labute approximate surface area is 190 Å². The van der Waals surface area contributed by atoms with Gasteiger partial charge in [0.15, 0.2) is 0 Å². The van der Waals surface area contributed by atoms with Crippen molar-refractivity contribution in [2.75, 3.05) is 6.54 Å². The third kappa shape index (κ3) is 5.13. The molecule has 3 rings (SSSR count). The summed E-state index contributed by atoms with van der Waals surface area (Å²) in [6.45, 7) is 4.77. The SMILES string of the molecule is CC(=O)n1nc(CC(=O)N(CC(=O)NCc2cccc(Cl)c2F)C(C)C)c2ccccc21.